The number of hydrogen-bond donors (Lipinski definition) is 1. The highest BCUT2D eigenvalue weighted by Crippen LogP contribution is 2.21. The van der Waals surface area contributed by atoms with Gasteiger partial charge in [0.25, 0.3) is 5.91 Å². The third-order valence-electron chi connectivity index (χ3n) is 4.08. The SMILES string of the molecule is CCCn1c(C(C)NC(=O)COc2ccc(Cl)cc2)nc2ccccc21. The van der Waals surface area contributed by atoms with Crippen LogP contribution in [0.15, 0.2) is 48.5 Å². The maximum absolute atomic E-state index is 12.3. The highest BCUT2D eigenvalue weighted by molar-refractivity contribution is 6.30. The number of carbonyl (C=O) groups excluding carboxylic acids is 1. The summed E-state index contributed by atoms with van der Waals surface area (Å²) in [6, 6.07) is 14.7. The van der Waals surface area contributed by atoms with Gasteiger partial charge in [-0.05, 0) is 49.7 Å². The van der Waals surface area contributed by atoms with Gasteiger partial charge in [0.15, 0.2) is 6.61 Å². The number of halogens is 1. The van der Waals surface area contributed by atoms with Crippen molar-refractivity contribution in [2.45, 2.75) is 32.9 Å². The van der Waals surface area contributed by atoms with Gasteiger partial charge in [0.05, 0.1) is 17.1 Å². The summed E-state index contributed by atoms with van der Waals surface area (Å²) in [6.07, 6.45) is 0.994. The molecule has 5 nitrogen and oxygen atoms in total. The van der Waals surface area contributed by atoms with Crippen LogP contribution in [0.4, 0.5) is 0 Å². The van der Waals surface area contributed by atoms with E-state index >= 15 is 0 Å². The second-order valence-electron chi connectivity index (χ2n) is 6.14. The minimum Gasteiger partial charge on any atom is -0.484 e. The Labute approximate surface area is 157 Å². The largest absolute Gasteiger partial charge is 0.484 e. The molecule has 0 aliphatic carbocycles. The highest BCUT2D eigenvalue weighted by atomic mass is 35.5. The average Bonchev–Trinajstić information content (AvgIpc) is 3.00. The van der Waals surface area contributed by atoms with Crippen molar-refractivity contribution in [3.8, 4) is 5.75 Å². The molecule has 2 aromatic carbocycles. The van der Waals surface area contributed by atoms with E-state index < -0.39 is 0 Å². The van der Waals surface area contributed by atoms with Crippen LogP contribution < -0.4 is 10.1 Å². The van der Waals surface area contributed by atoms with Gasteiger partial charge in [0, 0.05) is 11.6 Å². The summed E-state index contributed by atoms with van der Waals surface area (Å²) in [5.41, 5.74) is 2.03. The third kappa shape index (κ3) is 4.17. The summed E-state index contributed by atoms with van der Waals surface area (Å²) < 4.78 is 7.67. The Morgan fingerprint density at radius 3 is 2.69 bits per heavy atom. The lowest BCUT2D eigenvalue weighted by Gasteiger charge is -2.16. The van der Waals surface area contributed by atoms with Crippen LogP contribution in [0.3, 0.4) is 0 Å². The van der Waals surface area contributed by atoms with Gasteiger partial charge in [-0.15, -0.1) is 0 Å². The maximum Gasteiger partial charge on any atom is 0.258 e. The molecule has 0 saturated carbocycles. The van der Waals surface area contributed by atoms with Crippen LogP contribution in [0.2, 0.25) is 5.02 Å². The number of fused-ring (bicyclic) bond motifs is 1. The van der Waals surface area contributed by atoms with E-state index in [0.29, 0.717) is 10.8 Å². The molecule has 0 spiro atoms. The van der Waals surface area contributed by atoms with Crippen molar-refractivity contribution in [2.75, 3.05) is 6.61 Å². The summed E-state index contributed by atoms with van der Waals surface area (Å²) in [5, 5.41) is 3.59. The molecule has 1 aromatic heterocycles. The summed E-state index contributed by atoms with van der Waals surface area (Å²) in [4.78, 5) is 17.0. The van der Waals surface area contributed by atoms with Crippen molar-refractivity contribution < 1.29 is 9.53 Å². The molecular formula is C20H22ClN3O2. The molecule has 1 amide bonds. The van der Waals surface area contributed by atoms with Crippen LogP contribution in [0.25, 0.3) is 11.0 Å². The molecular weight excluding hydrogens is 350 g/mol. The molecule has 0 saturated heterocycles. The smallest absolute Gasteiger partial charge is 0.258 e. The topological polar surface area (TPSA) is 56.2 Å². The van der Waals surface area contributed by atoms with Gasteiger partial charge in [-0.2, -0.15) is 0 Å². The molecule has 136 valence electrons. The molecule has 26 heavy (non-hydrogen) atoms. The van der Waals surface area contributed by atoms with Crippen LogP contribution >= 0.6 is 11.6 Å². The molecule has 0 bridgehead atoms. The summed E-state index contributed by atoms with van der Waals surface area (Å²) in [6.45, 7) is 4.87. The van der Waals surface area contributed by atoms with Crippen LogP contribution in [-0.2, 0) is 11.3 Å². The van der Waals surface area contributed by atoms with E-state index in [0.717, 1.165) is 29.8 Å². The number of aromatic nitrogens is 2. The minimum atomic E-state index is -0.213. The van der Waals surface area contributed by atoms with E-state index in [1.165, 1.54) is 0 Å². The maximum atomic E-state index is 12.3. The third-order valence-corrected chi connectivity index (χ3v) is 4.33. The number of aryl methyl sites for hydroxylation is 1. The van der Waals surface area contributed by atoms with Gasteiger partial charge in [0.2, 0.25) is 0 Å². The standard InChI is InChI=1S/C20H22ClN3O2/c1-3-12-24-18-7-5-4-6-17(18)23-20(24)14(2)22-19(25)13-26-16-10-8-15(21)9-11-16/h4-11,14H,3,12-13H2,1-2H3,(H,22,25). The first kappa shape index (κ1) is 18.3. The molecule has 3 rings (SSSR count). The fraction of sp³-hybridized carbons (Fsp3) is 0.300. The average molecular weight is 372 g/mol. The number of para-hydroxylation sites is 2. The second kappa shape index (κ2) is 8.23. The van der Waals surface area contributed by atoms with Crippen molar-refractivity contribution in [3.05, 3.63) is 59.4 Å². The lowest BCUT2D eigenvalue weighted by molar-refractivity contribution is -0.123. The van der Waals surface area contributed by atoms with Crippen LogP contribution in [0, 0.1) is 0 Å². The molecule has 0 radical (unpaired) electrons. The number of nitrogens with one attached hydrogen (secondary N) is 1. The zero-order valence-electron chi connectivity index (χ0n) is 14.9. The van der Waals surface area contributed by atoms with E-state index in [1.807, 2.05) is 25.1 Å². The zero-order chi connectivity index (χ0) is 18.5. The van der Waals surface area contributed by atoms with Gasteiger partial charge in [-0.25, -0.2) is 4.98 Å². The van der Waals surface area contributed by atoms with E-state index in [2.05, 4.69) is 22.9 Å². The normalized spacial score (nSPS) is 12.1. The number of imidazole rings is 1. The number of carbonyl (C=O) groups is 1. The molecule has 1 atom stereocenters. The summed E-state index contributed by atoms with van der Waals surface area (Å²) in [7, 11) is 0. The van der Waals surface area contributed by atoms with Gasteiger partial charge in [-0.3, -0.25) is 4.79 Å². The first-order valence-electron chi connectivity index (χ1n) is 8.71. The molecule has 1 unspecified atom stereocenters. The van der Waals surface area contributed by atoms with Crippen LogP contribution in [-0.4, -0.2) is 22.1 Å². The van der Waals surface area contributed by atoms with E-state index in [4.69, 9.17) is 21.3 Å². The number of amides is 1. The summed E-state index contributed by atoms with van der Waals surface area (Å²) in [5.74, 6) is 1.27. The summed E-state index contributed by atoms with van der Waals surface area (Å²) >= 11 is 5.84. The molecule has 0 aliphatic heterocycles. The number of rotatable bonds is 7. The molecule has 1 heterocycles. The van der Waals surface area contributed by atoms with Gasteiger partial charge < -0.3 is 14.6 Å². The fourth-order valence-electron chi connectivity index (χ4n) is 2.91. The highest BCUT2D eigenvalue weighted by Gasteiger charge is 2.18. The number of nitrogens with zero attached hydrogens (tertiary/aromatic N) is 2. The van der Waals surface area contributed by atoms with Gasteiger partial charge >= 0.3 is 0 Å². The van der Waals surface area contributed by atoms with Crippen LogP contribution in [0.5, 0.6) is 5.75 Å². The van der Waals surface area contributed by atoms with E-state index in [1.54, 1.807) is 24.3 Å². The number of hydrogen-bond acceptors (Lipinski definition) is 3. The first-order chi connectivity index (χ1) is 12.6. The Morgan fingerprint density at radius 2 is 1.96 bits per heavy atom. The Balaban J connectivity index is 1.68. The van der Waals surface area contributed by atoms with Crippen molar-refractivity contribution in [1.82, 2.24) is 14.9 Å². The van der Waals surface area contributed by atoms with Crippen molar-refractivity contribution in [3.63, 3.8) is 0 Å². The number of ether oxygens (including phenoxy) is 1. The predicted octanol–water partition coefficient (Wildman–Crippen LogP) is 4.36. The van der Waals surface area contributed by atoms with E-state index in [9.17, 15) is 4.79 Å². The van der Waals surface area contributed by atoms with Gasteiger partial charge in [0.1, 0.15) is 11.6 Å². The quantitative estimate of drug-likeness (QED) is 0.671. The minimum absolute atomic E-state index is 0.0556. The lowest BCUT2D eigenvalue weighted by Crippen LogP contribution is -2.32. The number of benzene rings is 2. The Bertz CT molecular complexity index is 890. The van der Waals surface area contributed by atoms with Crippen molar-refractivity contribution >= 4 is 28.5 Å². The Kier molecular flexibility index (Phi) is 5.78. The Morgan fingerprint density at radius 1 is 1.23 bits per heavy atom. The fourth-order valence-corrected chi connectivity index (χ4v) is 3.04. The molecule has 0 aliphatic rings. The molecule has 1 N–H and O–H groups in total. The second-order valence-corrected chi connectivity index (χ2v) is 6.58. The van der Waals surface area contributed by atoms with Crippen LogP contribution in [0.1, 0.15) is 32.1 Å². The van der Waals surface area contributed by atoms with Gasteiger partial charge in [-0.1, -0.05) is 30.7 Å². The van der Waals surface area contributed by atoms with Crippen molar-refractivity contribution in [1.29, 1.82) is 0 Å². The molecule has 6 heteroatoms. The Hall–Kier alpha value is -2.53. The first-order valence-corrected chi connectivity index (χ1v) is 9.09. The van der Waals surface area contributed by atoms with Crippen molar-refractivity contribution in [2.24, 2.45) is 0 Å². The molecule has 3 aromatic rings. The lowest BCUT2D eigenvalue weighted by atomic mass is 10.3. The predicted molar refractivity (Wildman–Crippen MR) is 104 cm³/mol. The zero-order valence-corrected chi connectivity index (χ0v) is 15.7. The van der Waals surface area contributed by atoms with E-state index in [-0.39, 0.29) is 18.6 Å². The monoisotopic (exact) mass is 371 g/mol. The molecule has 0 fully saturated rings.